The Morgan fingerprint density at radius 3 is 2.06 bits per heavy atom. The smallest absolute Gasteiger partial charge is 0.420 e. The molecule has 3 nitrogen and oxygen atoms in total. The lowest BCUT2D eigenvalue weighted by Crippen LogP contribution is -2.10. The molecule has 0 aliphatic heterocycles. The van der Waals surface area contributed by atoms with Gasteiger partial charge < -0.3 is 15.2 Å². The fraction of sp³-hybridized carbons (Fsp3) is 0.400. The summed E-state index contributed by atoms with van der Waals surface area (Å²) in [6.07, 6.45) is -4.48. The summed E-state index contributed by atoms with van der Waals surface area (Å²) in [6.45, 7) is 0.0810. The van der Waals surface area contributed by atoms with Gasteiger partial charge in [0.2, 0.25) is 0 Å². The molecule has 0 radical (unpaired) electrons. The van der Waals surface area contributed by atoms with E-state index in [0.717, 1.165) is 13.2 Å². The number of hydrogen-bond donors (Lipinski definition) is 1. The van der Waals surface area contributed by atoms with Gasteiger partial charge in [0.05, 0.1) is 14.2 Å². The first kappa shape index (κ1) is 12.6. The fourth-order valence-corrected chi connectivity index (χ4v) is 1.41. The molecule has 0 aliphatic carbocycles. The van der Waals surface area contributed by atoms with Crippen molar-refractivity contribution in [3.8, 4) is 11.5 Å². The minimum absolute atomic E-state index is 0.0276. The maximum absolute atomic E-state index is 12.6. The molecule has 0 aromatic heterocycles. The van der Waals surface area contributed by atoms with Gasteiger partial charge >= 0.3 is 6.18 Å². The second-order valence-corrected chi connectivity index (χ2v) is 3.04. The van der Waals surface area contributed by atoms with E-state index in [9.17, 15) is 13.2 Å². The topological polar surface area (TPSA) is 44.5 Å². The van der Waals surface area contributed by atoms with Crippen molar-refractivity contribution in [2.24, 2.45) is 5.73 Å². The second-order valence-electron chi connectivity index (χ2n) is 3.04. The van der Waals surface area contributed by atoms with Crippen molar-refractivity contribution < 1.29 is 22.6 Å². The van der Waals surface area contributed by atoms with Crippen LogP contribution in [0.1, 0.15) is 11.1 Å². The third-order valence-electron chi connectivity index (χ3n) is 2.13. The predicted molar refractivity (Wildman–Crippen MR) is 52.4 cm³/mol. The molecule has 6 heteroatoms. The number of nitrogens with two attached hydrogens (primary N) is 1. The van der Waals surface area contributed by atoms with Gasteiger partial charge in [-0.15, -0.1) is 0 Å². The van der Waals surface area contributed by atoms with Crippen molar-refractivity contribution >= 4 is 0 Å². The van der Waals surface area contributed by atoms with E-state index in [0.29, 0.717) is 5.56 Å². The summed E-state index contributed by atoms with van der Waals surface area (Å²) in [5, 5.41) is 0. The number of alkyl halides is 3. The van der Waals surface area contributed by atoms with Crippen LogP contribution in [0.5, 0.6) is 11.5 Å². The Balaban J connectivity index is 3.43. The van der Waals surface area contributed by atoms with Gasteiger partial charge in [-0.05, 0) is 6.07 Å². The third kappa shape index (κ3) is 2.21. The van der Waals surface area contributed by atoms with E-state index in [-0.39, 0.29) is 18.0 Å². The molecule has 0 amide bonds. The van der Waals surface area contributed by atoms with E-state index in [1.165, 1.54) is 13.2 Å². The zero-order valence-corrected chi connectivity index (χ0v) is 8.89. The number of rotatable bonds is 3. The van der Waals surface area contributed by atoms with Crippen molar-refractivity contribution in [1.82, 2.24) is 0 Å². The van der Waals surface area contributed by atoms with E-state index in [1.807, 2.05) is 0 Å². The Labute approximate surface area is 91.0 Å². The number of hydrogen-bond acceptors (Lipinski definition) is 3. The highest BCUT2D eigenvalue weighted by atomic mass is 19.4. The highest BCUT2D eigenvalue weighted by Crippen LogP contribution is 2.43. The van der Waals surface area contributed by atoms with Crippen molar-refractivity contribution in [3.63, 3.8) is 0 Å². The molecule has 0 fully saturated rings. The molecule has 90 valence electrons. The summed E-state index contributed by atoms with van der Waals surface area (Å²) in [7, 11) is 2.44. The maximum Gasteiger partial charge on any atom is 0.420 e. The predicted octanol–water partition coefficient (Wildman–Crippen LogP) is 2.18. The molecule has 16 heavy (non-hydrogen) atoms. The Hall–Kier alpha value is -1.43. The van der Waals surface area contributed by atoms with Crippen molar-refractivity contribution in [3.05, 3.63) is 23.3 Å². The average molecular weight is 235 g/mol. The molecule has 0 bridgehead atoms. The minimum atomic E-state index is -4.48. The maximum atomic E-state index is 12.6. The second kappa shape index (κ2) is 4.61. The molecule has 0 atom stereocenters. The van der Waals surface area contributed by atoms with Crippen LogP contribution in [0.2, 0.25) is 0 Å². The zero-order chi connectivity index (χ0) is 12.3. The summed E-state index contributed by atoms with van der Waals surface area (Å²) in [5.41, 5.74) is 4.99. The molecular weight excluding hydrogens is 223 g/mol. The van der Waals surface area contributed by atoms with Crippen LogP contribution < -0.4 is 15.2 Å². The molecule has 0 heterocycles. The van der Waals surface area contributed by atoms with Crippen molar-refractivity contribution in [1.29, 1.82) is 0 Å². The van der Waals surface area contributed by atoms with Gasteiger partial charge in [-0.3, -0.25) is 0 Å². The molecule has 0 unspecified atom stereocenters. The first-order valence-corrected chi connectivity index (χ1v) is 4.46. The van der Waals surface area contributed by atoms with Gasteiger partial charge in [0.15, 0.2) is 11.5 Å². The molecule has 2 N–H and O–H groups in total. The van der Waals surface area contributed by atoms with Crippen LogP contribution in [-0.2, 0) is 12.7 Å². The molecule has 0 saturated carbocycles. The molecule has 1 rings (SSSR count). The van der Waals surface area contributed by atoms with E-state index < -0.39 is 11.7 Å². The Morgan fingerprint density at radius 2 is 1.69 bits per heavy atom. The number of halogens is 3. The normalized spacial score (nSPS) is 11.4. The summed E-state index contributed by atoms with van der Waals surface area (Å²) >= 11 is 0. The van der Waals surface area contributed by atoms with Crippen LogP contribution in [0, 0.1) is 0 Å². The zero-order valence-electron chi connectivity index (χ0n) is 8.89. The van der Waals surface area contributed by atoms with Crippen LogP contribution in [0.25, 0.3) is 0 Å². The lowest BCUT2D eigenvalue weighted by Gasteiger charge is -2.17. The molecule has 1 aromatic carbocycles. The Bertz CT molecular complexity index is 377. The first-order valence-electron chi connectivity index (χ1n) is 4.46. The van der Waals surface area contributed by atoms with Crippen LogP contribution in [-0.4, -0.2) is 14.2 Å². The van der Waals surface area contributed by atoms with E-state index in [1.54, 1.807) is 0 Å². The Morgan fingerprint density at radius 1 is 1.12 bits per heavy atom. The molecule has 0 aliphatic rings. The summed E-state index contributed by atoms with van der Waals surface area (Å²) in [6, 6.07) is 2.22. The first-order chi connectivity index (χ1) is 7.45. The summed E-state index contributed by atoms with van der Waals surface area (Å²) in [4.78, 5) is 0. The number of ether oxygens (including phenoxy) is 2. The SMILES string of the molecule is COc1c(CN)ccc(C(F)(F)F)c1OC. The van der Waals surface area contributed by atoms with Gasteiger partial charge in [0.25, 0.3) is 0 Å². The highest BCUT2D eigenvalue weighted by molar-refractivity contribution is 5.53. The standard InChI is InChI=1S/C10H12F3NO2/c1-15-8-6(5-14)3-4-7(9(8)16-2)10(11,12)13/h3-4H,5,14H2,1-2H3. The van der Waals surface area contributed by atoms with Crippen LogP contribution in [0.4, 0.5) is 13.2 Å². The van der Waals surface area contributed by atoms with Crippen LogP contribution in [0.15, 0.2) is 12.1 Å². The lowest BCUT2D eigenvalue weighted by molar-refractivity contribution is -0.138. The molecule has 0 spiro atoms. The van der Waals surface area contributed by atoms with Crippen molar-refractivity contribution in [2.75, 3.05) is 14.2 Å². The summed E-state index contributed by atoms with van der Waals surface area (Å²) < 4.78 is 47.5. The van der Waals surface area contributed by atoms with Crippen LogP contribution in [0.3, 0.4) is 0 Å². The summed E-state index contributed by atoms with van der Waals surface area (Å²) in [5.74, 6) is -0.308. The van der Waals surface area contributed by atoms with E-state index >= 15 is 0 Å². The molecule has 1 aromatic rings. The van der Waals surface area contributed by atoms with E-state index in [2.05, 4.69) is 0 Å². The van der Waals surface area contributed by atoms with Crippen LogP contribution >= 0.6 is 0 Å². The van der Waals surface area contributed by atoms with Gasteiger partial charge in [0.1, 0.15) is 5.56 Å². The Kier molecular flexibility index (Phi) is 3.64. The quantitative estimate of drug-likeness (QED) is 0.873. The minimum Gasteiger partial charge on any atom is -0.493 e. The van der Waals surface area contributed by atoms with E-state index in [4.69, 9.17) is 15.2 Å². The van der Waals surface area contributed by atoms with Gasteiger partial charge in [-0.2, -0.15) is 13.2 Å². The highest BCUT2D eigenvalue weighted by Gasteiger charge is 2.36. The van der Waals surface area contributed by atoms with Gasteiger partial charge in [-0.1, -0.05) is 6.07 Å². The van der Waals surface area contributed by atoms with Crippen molar-refractivity contribution in [2.45, 2.75) is 12.7 Å². The molecule has 0 saturated heterocycles. The van der Waals surface area contributed by atoms with Gasteiger partial charge in [0, 0.05) is 12.1 Å². The number of methoxy groups -OCH3 is 2. The lowest BCUT2D eigenvalue weighted by atomic mass is 10.1. The monoisotopic (exact) mass is 235 g/mol. The fourth-order valence-electron chi connectivity index (χ4n) is 1.41. The molecular formula is C10H12F3NO2. The third-order valence-corrected chi connectivity index (χ3v) is 2.13. The number of benzene rings is 1. The van der Waals surface area contributed by atoms with Gasteiger partial charge in [-0.25, -0.2) is 0 Å². The largest absolute Gasteiger partial charge is 0.493 e. The average Bonchev–Trinajstić information content (AvgIpc) is 2.25.